The molecule has 0 saturated carbocycles. The molecule has 3 heteroatoms. The monoisotopic (exact) mass is 401 g/mol. The van der Waals surface area contributed by atoms with Crippen molar-refractivity contribution in [2.45, 2.75) is 6.92 Å². The molecule has 0 N–H and O–H groups in total. The molecule has 0 bridgehead atoms. The van der Waals surface area contributed by atoms with Gasteiger partial charge >= 0.3 is 0 Å². The fraction of sp³-hybridized carbons (Fsp3) is 0.0769. The molecule has 0 amide bonds. The Bertz CT molecular complexity index is 518. The van der Waals surface area contributed by atoms with E-state index in [1.165, 1.54) is 5.56 Å². The second-order valence-corrected chi connectivity index (χ2v) is 5.88. The third-order valence-electron chi connectivity index (χ3n) is 2.39. The first-order chi connectivity index (χ1) is 7.61. The van der Waals surface area contributed by atoms with Gasteiger partial charge in [-0.25, -0.2) is 0 Å². The lowest BCUT2D eigenvalue weighted by molar-refractivity contribution is 1.37. The average Bonchev–Trinajstić information content (AvgIpc) is 2.32. The van der Waals surface area contributed by atoms with Gasteiger partial charge in [-0.05, 0) is 67.6 Å². The summed E-state index contributed by atoms with van der Waals surface area (Å²) in [7, 11) is 0. The Morgan fingerprint density at radius 3 is 2.44 bits per heavy atom. The normalized spacial score (nSPS) is 10.5. The molecule has 16 heavy (non-hydrogen) atoms. The smallest absolute Gasteiger partial charge is 0.0399 e. The Kier molecular flexibility index (Phi) is 3.88. The van der Waals surface area contributed by atoms with Gasteiger partial charge in [-0.2, -0.15) is 0 Å². The van der Waals surface area contributed by atoms with Crippen LogP contribution in [0, 0.1) is 13.0 Å². The van der Waals surface area contributed by atoms with E-state index in [0.717, 1.165) is 24.5 Å². The summed E-state index contributed by atoms with van der Waals surface area (Å²) in [6.07, 6.45) is 0. The topological polar surface area (TPSA) is 0 Å². The summed E-state index contributed by atoms with van der Waals surface area (Å²) < 4.78 is 3.24. The molecule has 81 valence electrons. The summed E-state index contributed by atoms with van der Waals surface area (Å²) in [4.78, 5) is 0. The lowest BCUT2D eigenvalue weighted by Crippen LogP contribution is -1.86. The Hall–Kier alpha value is -0.120. The summed E-state index contributed by atoms with van der Waals surface area (Å²) in [6.45, 7) is 2.07. The zero-order chi connectivity index (χ0) is 11.7. The largest absolute Gasteiger partial charge is 0.0616 e. The van der Waals surface area contributed by atoms with Gasteiger partial charge in [-0.1, -0.05) is 40.2 Å². The van der Waals surface area contributed by atoms with E-state index < -0.39 is 0 Å². The van der Waals surface area contributed by atoms with Crippen LogP contribution in [-0.4, -0.2) is 0 Å². The molecule has 0 unspecified atom stereocenters. The number of benzene rings is 2. The third-order valence-corrected chi connectivity index (χ3v) is 5.56. The van der Waals surface area contributed by atoms with Crippen molar-refractivity contribution in [3.05, 3.63) is 55.4 Å². The van der Waals surface area contributed by atoms with E-state index in [2.05, 4.69) is 66.8 Å². The van der Waals surface area contributed by atoms with Crippen LogP contribution in [0.3, 0.4) is 0 Å². The number of rotatable bonds is 1. The molecule has 2 aromatic carbocycles. The van der Waals surface area contributed by atoms with E-state index in [4.69, 9.17) is 0 Å². The molecule has 0 aliphatic heterocycles. The molecule has 2 rings (SSSR count). The highest BCUT2D eigenvalue weighted by Gasteiger charge is 2.11. The molecule has 0 atom stereocenters. The summed E-state index contributed by atoms with van der Waals surface area (Å²) in [5.74, 6) is 0. The first-order valence-electron chi connectivity index (χ1n) is 4.72. The summed E-state index contributed by atoms with van der Waals surface area (Å²) >= 11 is 10.8. The Morgan fingerprint density at radius 2 is 1.81 bits per heavy atom. The van der Waals surface area contributed by atoms with Gasteiger partial charge in [0.15, 0.2) is 0 Å². The zero-order valence-corrected chi connectivity index (χ0v) is 13.3. The number of hydrogen-bond acceptors (Lipinski definition) is 0. The van der Waals surface area contributed by atoms with Crippen LogP contribution in [0.15, 0.2) is 43.7 Å². The molecular formula is C13H8Br3. The minimum Gasteiger partial charge on any atom is -0.0616 e. The predicted octanol–water partition coefficient (Wildman–Crippen LogP) is 5.75. The average molecular weight is 404 g/mol. The Balaban J connectivity index is 2.68. The molecule has 0 aromatic heterocycles. The van der Waals surface area contributed by atoms with Gasteiger partial charge in [0.05, 0.1) is 0 Å². The van der Waals surface area contributed by atoms with Crippen molar-refractivity contribution in [2.75, 3.05) is 0 Å². The minimum atomic E-state index is 1.07. The zero-order valence-electron chi connectivity index (χ0n) is 8.52. The van der Waals surface area contributed by atoms with E-state index in [1.54, 1.807) is 0 Å². The molecule has 0 nitrogen and oxygen atoms in total. The fourth-order valence-corrected chi connectivity index (χ4v) is 3.19. The predicted molar refractivity (Wildman–Crippen MR) is 78.6 cm³/mol. The Morgan fingerprint density at radius 1 is 1.06 bits per heavy atom. The molecular weight excluding hydrogens is 396 g/mol. The highest BCUT2D eigenvalue weighted by molar-refractivity contribution is 9.13. The standard InChI is InChI=1S/C13H8Br3/c1-8-11(14)7-10(13(16)12(8)15)9-5-3-2-4-6-9/h2-5,7H,1H3. The molecule has 1 radical (unpaired) electrons. The third kappa shape index (κ3) is 2.27. The van der Waals surface area contributed by atoms with Crippen molar-refractivity contribution in [1.82, 2.24) is 0 Å². The van der Waals surface area contributed by atoms with Crippen molar-refractivity contribution in [3.63, 3.8) is 0 Å². The maximum Gasteiger partial charge on any atom is 0.0399 e. The maximum atomic E-state index is 3.61. The number of halogens is 3. The van der Waals surface area contributed by atoms with E-state index in [-0.39, 0.29) is 0 Å². The van der Waals surface area contributed by atoms with Crippen molar-refractivity contribution in [3.8, 4) is 11.1 Å². The van der Waals surface area contributed by atoms with Crippen LogP contribution < -0.4 is 0 Å². The SMILES string of the molecule is Cc1c(Br)cc(-c2[c]cccc2)c(Br)c1Br. The van der Waals surface area contributed by atoms with Crippen LogP contribution in [0.4, 0.5) is 0 Å². The van der Waals surface area contributed by atoms with E-state index in [1.807, 2.05) is 24.3 Å². The van der Waals surface area contributed by atoms with Gasteiger partial charge in [0.1, 0.15) is 0 Å². The van der Waals surface area contributed by atoms with Crippen LogP contribution >= 0.6 is 47.8 Å². The molecule has 0 aliphatic rings. The van der Waals surface area contributed by atoms with Gasteiger partial charge < -0.3 is 0 Å². The van der Waals surface area contributed by atoms with Gasteiger partial charge in [0.25, 0.3) is 0 Å². The maximum absolute atomic E-state index is 3.61. The molecule has 0 fully saturated rings. The summed E-state index contributed by atoms with van der Waals surface area (Å²) in [6, 6.07) is 13.3. The van der Waals surface area contributed by atoms with Gasteiger partial charge in [0, 0.05) is 13.4 Å². The molecule has 0 spiro atoms. The van der Waals surface area contributed by atoms with Gasteiger partial charge in [-0.15, -0.1) is 0 Å². The highest BCUT2D eigenvalue weighted by Crippen LogP contribution is 2.39. The first kappa shape index (κ1) is 12.3. The van der Waals surface area contributed by atoms with Crippen molar-refractivity contribution < 1.29 is 0 Å². The van der Waals surface area contributed by atoms with Crippen LogP contribution in [0.25, 0.3) is 11.1 Å². The van der Waals surface area contributed by atoms with Crippen LogP contribution in [0.1, 0.15) is 5.56 Å². The molecule has 0 aliphatic carbocycles. The molecule has 2 aromatic rings. The first-order valence-corrected chi connectivity index (χ1v) is 7.10. The second-order valence-electron chi connectivity index (χ2n) is 3.44. The summed E-state index contributed by atoms with van der Waals surface area (Å²) in [5, 5.41) is 0. The lowest BCUT2D eigenvalue weighted by atomic mass is 10.0. The van der Waals surface area contributed by atoms with Crippen LogP contribution in [0.2, 0.25) is 0 Å². The van der Waals surface area contributed by atoms with Crippen LogP contribution in [-0.2, 0) is 0 Å². The quantitative estimate of drug-likeness (QED) is 0.532. The van der Waals surface area contributed by atoms with Crippen molar-refractivity contribution in [2.24, 2.45) is 0 Å². The Labute approximate surface area is 120 Å². The lowest BCUT2D eigenvalue weighted by Gasteiger charge is -2.10. The highest BCUT2D eigenvalue weighted by atomic mass is 79.9. The molecule has 0 saturated heterocycles. The molecule has 0 heterocycles. The van der Waals surface area contributed by atoms with E-state index >= 15 is 0 Å². The fourth-order valence-electron chi connectivity index (χ4n) is 1.44. The number of hydrogen-bond donors (Lipinski definition) is 0. The summed E-state index contributed by atoms with van der Waals surface area (Å²) in [5.41, 5.74) is 3.40. The van der Waals surface area contributed by atoms with Crippen LogP contribution in [0.5, 0.6) is 0 Å². The minimum absolute atomic E-state index is 1.07. The van der Waals surface area contributed by atoms with E-state index in [9.17, 15) is 0 Å². The second kappa shape index (κ2) is 5.03. The van der Waals surface area contributed by atoms with Gasteiger partial charge in [-0.3, -0.25) is 0 Å². The van der Waals surface area contributed by atoms with Gasteiger partial charge in [0.2, 0.25) is 0 Å². The van der Waals surface area contributed by atoms with Crippen molar-refractivity contribution >= 4 is 47.8 Å². The van der Waals surface area contributed by atoms with Crippen molar-refractivity contribution in [1.29, 1.82) is 0 Å². The van der Waals surface area contributed by atoms with E-state index in [0.29, 0.717) is 0 Å².